The number of nitro groups is 1. The van der Waals surface area contributed by atoms with Crippen LogP contribution in [0.2, 0.25) is 0 Å². The van der Waals surface area contributed by atoms with E-state index in [2.05, 4.69) is 5.32 Å². The van der Waals surface area contributed by atoms with Crippen LogP contribution in [0.3, 0.4) is 0 Å². The summed E-state index contributed by atoms with van der Waals surface area (Å²) >= 11 is 0. The molecular weight excluding hydrogens is 208 g/mol. The molecule has 1 aromatic rings. The first kappa shape index (κ1) is 12.2. The highest BCUT2D eigenvalue weighted by Gasteiger charge is 2.07. The first-order valence-electron chi connectivity index (χ1n) is 5.01. The second-order valence-corrected chi connectivity index (χ2v) is 3.80. The molecule has 1 rings (SSSR count). The minimum absolute atomic E-state index is 0.0293. The third kappa shape index (κ3) is 3.34. The van der Waals surface area contributed by atoms with Gasteiger partial charge in [0, 0.05) is 24.6 Å². The molecule has 0 spiro atoms. The van der Waals surface area contributed by atoms with Crippen molar-refractivity contribution in [2.75, 3.05) is 0 Å². The Bertz CT molecular complexity index is 385. The lowest BCUT2D eigenvalue weighted by molar-refractivity contribution is -0.384. The molecule has 0 fully saturated rings. The molecule has 0 unspecified atom stereocenters. The molecule has 86 valence electrons. The summed E-state index contributed by atoms with van der Waals surface area (Å²) in [6.07, 6.45) is 0. The van der Waals surface area contributed by atoms with Gasteiger partial charge in [0.15, 0.2) is 0 Å². The van der Waals surface area contributed by atoms with Crippen molar-refractivity contribution < 1.29 is 9.72 Å². The quantitative estimate of drug-likeness (QED) is 0.624. The van der Waals surface area contributed by atoms with E-state index < -0.39 is 4.92 Å². The van der Waals surface area contributed by atoms with Crippen LogP contribution in [0.4, 0.5) is 5.69 Å². The first-order chi connectivity index (χ1) is 7.50. The molecular formula is C11H14N2O3. The van der Waals surface area contributed by atoms with Gasteiger partial charge in [0.2, 0.25) is 5.91 Å². The zero-order valence-corrected chi connectivity index (χ0v) is 9.27. The average molecular weight is 222 g/mol. The highest BCUT2D eigenvalue weighted by atomic mass is 16.6. The summed E-state index contributed by atoms with van der Waals surface area (Å²) in [7, 11) is 0. The standard InChI is InChI=1S/C11H14N2O3/c1-8(2)11(14)12-7-9-3-5-10(6-4-9)13(15)16/h3-6,8H,7H2,1-2H3,(H,12,14). The summed E-state index contributed by atoms with van der Waals surface area (Å²) in [5, 5.41) is 13.1. The third-order valence-electron chi connectivity index (χ3n) is 2.14. The minimum atomic E-state index is -0.448. The number of amides is 1. The van der Waals surface area contributed by atoms with Gasteiger partial charge in [-0.1, -0.05) is 26.0 Å². The van der Waals surface area contributed by atoms with E-state index in [-0.39, 0.29) is 17.5 Å². The Morgan fingerprint density at radius 3 is 2.38 bits per heavy atom. The molecule has 16 heavy (non-hydrogen) atoms. The second-order valence-electron chi connectivity index (χ2n) is 3.80. The Balaban J connectivity index is 2.56. The third-order valence-corrected chi connectivity index (χ3v) is 2.14. The van der Waals surface area contributed by atoms with Crippen LogP contribution in [0.25, 0.3) is 0 Å². The summed E-state index contributed by atoms with van der Waals surface area (Å²) in [6, 6.07) is 6.13. The van der Waals surface area contributed by atoms with Crippen LogP contribution in [-0.2, 0) is 11.3 Å². The van der Waals surface area contributed by atoms with Crippen molar-refractivity contribution in [2.24, 2.45) is 5.92 Å². The molecule has 0 bridgehead atoms. The fraction of sp³-hybridized carbons (Fsp3) is 0.364. The van der Waals surface area contributed by atoms with E-state index >= 15 is 0 Å². The summed E-state index contributed by atoms with van der Waals surface area (Å²) in [5.41, 5.74) is 0.901. The largest absolute Gasteiger partial charge is 0.352 e. The number of carbonyl (C=O) groups is 1. The smallest absolute Gasteiger partial charge is 0.269 e. The number of nitrogens with one attached hydrogen (secondary N) is 1. The number of nitrogens with zero attached hydrogens (tertiary/aromatic N) is 1. The van der Waals surface area contributed by atoms with Crippen molar-refractivity contribution in [3.05, 3.63) is 39.9 Å². The molecule has 0 aromatic heterocycles. The van der Waals surface area contributed by atoms with Crippen LogP contribution in [0.15, 0.2) is 24.3 Å². The fourth-order valence-corrected chi connectivity index (χ4v) is 1.13. The molecule has 0 aliphatic rings. The van der Waals surface area contributed by atoms with Crippen molar-refractivity contribution in [3.8, 4) is 0 Å². The molecule has 0 radical (unpaired) electrons. The van der Waals surface area contributed by atoms with Crippen molar-refractivity contribution in [2.45, 2.75) is 20.4 Å². The van der Waals surface area contributed by atoms with Gasteiger partial charge in [0.1, 0.15) is 0 Å². The SMILES string of the molecule is CC(C)C(=O)NCc1ccc([N+](=O)[O-])cc1. The van der Waals surface area contributed by atoms with Gasteiger partial charge >= 0.3 is 0 Å². The Labute approximate surface area is 93.6 Å². The molecule has 5 nitrogen and oxygen atoms in total. The van der Waals surface area contributed by atoms with Crippen LogP contribution in [0, 0.1) is 16.0 Å². The van der Waals surface area contributed by atoms with E-state index in [1.54, 1.807) is 12.1 Å². The van der Waals surface area contributed by atoms with E-state index in [1.807, 2.05) is 13.8 Å². The number of hydrogen-bond acceptors (Lipinski definition) is 3. The maximum atomic E-state index is 11.3. The summed E-state index contributed by atoms with van der Waals surface area (Å²) in [6.45, 7) is 4.02. The fourth-order valence-electron chi connectivity index (χ4n) is 1.13. The van der Waals surface area contributed by atoms with Crippen LogP contribution in [0.5, 0.6) is 0 Å². The van der Waals surface area contributed by atoms with Gasteiger partial charge in [-0.2, -0.15) is 0 Å². The van der Waals surface area contributed by atoms with Crippen LogP contribution >= 0.6 is 0 Å². The number of rotatable bonds is 4. The first-order valence-corrected chi connectivity index (χ1v) is 5.01. The zero-order chi connectivity index (χ0) is 12.1. The van der Waals surface area contributed by atoms with E-state index in [9.17, 15) is 14.9 Å². The Morgan fingerprint density at radius 1 is 1.38 bits per heavy atom. The molecule has 0 saturated heterocycles. The maximum Gasteiger partial charge on any atom is 0.269 e. The van der Waals surface area contributed by atoms with Crippen molar-refractivity contribution in [3.63, 3.8) is 0 Å². The number of benzene rings is 1. The van der Waals surface area contributed by atoms with Crippen LogP contribution in [0.1, 0.15) is 19.4 Å². The maximum absolute atomic E-state index is 11.3. The lowest BCUT2D eigenvalue weighted by Gasteiger charge is -2.07. The molecule has 0 saturated carbocycles. The number of nitro benzene ring substituents is 1. The number of hydrogen-bond donors (Lipinski definition) is 1. The Hall–Kier alpha value is -1.91. The average Bonchev–Trinajstić information content (AvgIpc) is 2.26. The van der Waals surface area contributed by atoms with Crippen LogP contribution in [-0.4, -0.2) is 10.8 Å². The van der Waals surface area contributed by atoms with Crippen LogP contribution < -0.4 is 5.32 Å². The highest BCUT2D eigenvalue weighted by molar-refractivity contribution is 5.77. The molecule has 1 amide bonds. The molecule has 0 heterocycles. The molecule has 0 atom stereocenters. The molecule has 1 N–H and O–H groups in total. The van der Waals surface area contributed by atoms with Crippen molar-refractivity contribution in [1.82, 2.24) is 5.32 Å². The Kier molecular flexibility index (Phi) is 3.99. The predicted molar refractivity (Wildman–Crippen MR) is 59.8 cm³/mol. The van der Waals surface area contributed by atoms with Gasteiger partial charge in [0.25, 0.3) is 5.69 Å². The summed E-state index contributed by atoms with van der Waals surface area (Å²) in [4.78, 5) is 21.2. The topological polar surface area (TPSA) is 72.2 Å². The normalized spacial score (nSPS) is 10.2. The minimum Gasteiger partial charge on any atom is -0.352 e. The van der Waals surface area contributed by atoms with E-state index in [1.165, 1.54) is 12.1 Å². The number of carbonyl (C=O) groups excluding carboxylic acids is 1. The van der Waals surface area contributed by atoms with E-state index in [4.69, 9.17) is 0 Å². The van der Waals surface area contributed by atoms with Gasteiger partial charge < -0.3 is 5.32 Å². The Morgan fingerprint density at radius 2 is 1.94 bits per heavy atom. The van der Waals surface area contributed by atoms with Gasteiger partial charge in [0.05, 0.1) is 4.92 Å². The van der Waals surface area contributed by atoms with Crippen molar-refractivity contribution >= 4 is 11.6 Å². The second kappa shape index (κ2) is 5.25. The lowest BCUT2D eigenvalue weighted by Crippen LogP contribution is -2.27. The number of non-ortho nitro benzene ring substituents is 1. The highest BCUT2D eigenvalue weighted by Crippen LogP contribution is 2.11. The lowest BCUT2D eigenvalue weighted by atomic mass is 10.2. The van der Waals surface area contributed by atoms with E-state index in [0.717, 1.165) is 5.56 Å². The van der Waals surface area contributed by atoms with Gasteiger partial charge in [-0.25, -0.2) is 0 Å². The summed E-state index contributed by atoms with van der Waals surface area (Å²) in [5.74, 6) is -0.0867. The molecule has 5 heteroatoms. The molecule has 0 aliphatic carbocycles. The van der Waals surface area contributed by atoms with Gasteiger partial charge in [-0.15, -0.1) is 0 Å². The van der Waals surface area contributed by atoms with Gasteiger partial charge in [-0.3, -0.25) is 14.9 Å². The van der Waals surface area contributed by atoms with E-state index in [0.29, 0.717) is 6.54 Å². The summed E-state index contributed by atoms with van der Waals surface area (Å²) < 4.78 is 0. The van der Waals surface area contributed by atoms with Gasteiger partial charge in [-0.05, 0) is 5.56 Å². The zero-order valence-electron chi connectivity index (χ0n) is 9.27. The van der Waals surface area contributed by atoms with Crippen molar-refractivity contribution in [1.29, 1.82) is 0 Å². The molecule has 1 aromatic carbocycles. The molecule has 0 aliphatic heterocycles. The predicted octanol–water partition coefficient (Wildman–Crippen LogP) is 1.87. The monoisotopic (exact) mass is 222 g/mol.